The zero-order valence-electron chi connectivity index (χ0n) is 18.4. The third kappa shape index (κ3) is 4.07. The molecule has 5 rings (SSSR count). The number of thiophene rings is 1. The molecule has 0 fully saturated rings. The lowest BCUT2D eigenvalue weighted by atomic mass is 10.1. The molecule has 2 bridgehead atoms. The summed E-state index contributed by atoms with van der Waals surface area (Å²) in [7, 11) is 1.73. The van der Waals surface area contributed by atoms with Crippen LogP contribution < -0.4 is 10.1 Å². The lowest BCUT2D eigenvalue weighted by molar-refractivity contribution is -0.383. The summed E-state index contributed by atoms with van der Waals surface area (Å²) in [6.07, 6.45) is 3.21. The molecule has 0 saturated heterocycles. The van der Waals surface area contributed by atoms with Crippen LogP contribution in [0.15, 0.2) is 34.9 Å². The number of ether oxygens (including phenoxy) is 1. The van der Waals surface area contributed by atoms with E-state index in [1.165, 1.54) is 12.3 Å². The average Bonchev–Trinajstić information content (AvgIpc) is 3.47. The third-order valence-corrected chi connectivity index (χ3v) is 7.42. The van der Waals surface area contributed by atoms with E-state index in [0.717, 1.165) is 39.7 Å². The van der Waals surface area contributed by atoms with Crippen LogP contribution in [0.25, 0.3) is 21.5 Å². The fourth-order valence-electron chi connectivity index (χ4n) is 4.12. The van der Waals surface area contributed by atoms with Crippen LogP contribution in [0, 0.1) is 16.0 Å². The van der Waals surface area contributed by atoms with Gasteiger partial charge < -0.3 is 9.30 Å². The number of carbonyl (C=O) groups is 1. The molecule has 1 aromatic carbocycles. The maximum absolute atomic E-state index is 13.2. The molecule has 0 spiro atoms. The Labute approximate surface area is 206 Å². The van der Waals surface area contributed by atoms with Gasteiger partial charge in [-0.2, -0.15) is 5.10 Å². The van der Waals surface area contributed by atoms with Crippen molar-refractivity contribution in [1.82, 2.24) is 19.3 Å². The summed E-state index contributed by atoms with van der Waals surface area (Å²) in [6.45, 7) is 3.25. The van der Waals surface area contributed by atoms with Gasteiger partial charge in [-0.3, -0.25) is 20.2 Å². The van der Waals surface area contributed by atoms with E-state index in [9.17, 15) is 14.9 Å². The van der Waals surface area contributed by atoms with Crippen LogP contribution in [0.4, 0.5) is 11.6 Å². The molecule has 12 heteroatoms. The first-order valence-electron chi connectivity index (χ1n) is 10.7. The number of aromatic nitrogens is 4. The Morgan fingerprint density at radius 3 is 2.97 bits per heavy atom. The van der Waals surface area contributed by atoms with Crippen LogP contribution >= 0.6 is 27.3 Å². The monoisotopic (exact) mass is 544 g/mol. The number of benzene rings is 1. The van der Waals surface area contributed by atoms with Crippen LogP contribution in [0.1, 0.15) is 29.4 Å². The highest BCUT2D eigenvalue weighted by Gasteiger charge is 2.28. The highest BCUT2D eigenvalue weighted by atomic mass is 79.9. The Morgan fingerprint density at radius 1 is 1.35 bits per heavy atom. The van der Waals surface area contributed by atoms with Gasteiger partial charge in [0.1, 0.15) is 4.88 Å². The van der Waals surface area contributed by atoms with Gasteiger partial charge in [0.15, 0.2) is 0 Å². The number of rotatable bonds is 1. The summed E-state index contributed by atoms with van der Waals surface area (Å²) in [5, 5.41) is 18.9. The van der Waals surface area contributed by atoms with E-state index in [1.807, 2.05) is 22.8 Å². The lowest BCUT2D eigenvalue weighted by Crippen LogP contribution is -2.17. The standard InChI is InChI=1S/C22H21BrN6O4S/c1-12-4-3-7-33-21-14(10-24-27(21)2)19-17(29(31)32)9-18(34-19)20(30)26-22-25-15-6-5-13(23)8-16(15)28(22)11-12/h5-6,8-10,12H,3-4,7,11H2,1-2H3,(H,25,26,30)/t12-/m1/s1. The molecule has 1 amide bonds. The summed E-state index contributed by atoms with van der Waals surface area (Å²) < 4.78 is 10.5. The van der Waals surface area contributed by atoms with Crippen molar-refractivity contribution >= 4 is 55.8 Å². The summed E-state index contributed by atoms with van der Waals surface area (Å²) in [5.74, 6) is 0.698. The summed E-state index contributed by atoms with van der Waals surface area (Å²) in [5.41, 5.74) is 1.99. The van der Waals surface area contributed by atoms with Crippen molar-refractivity contribution in [3.8, 4) is 16.3 Å². The Morgan fingerprint density at radius 2 is 2.18 bits per heavy atom. The Kier molecular flexibility index (Phi) is 5.86. The predicted octanol–water partition coefficient (Wildman–Crippen LogP) is 5.23. The smallest absolute Gasteiger partial charge is 0.288 e. The number of amides is 1. The SMILES string of the molecule is C[C@@H]1CCCOc2c(cnn2C)-c2sc(cc2[N+](=O)[O-])C(=O)Nc2nc3ccc(Br)cc3n2C1. The Hall–Kier alpha value is -3.25. The predicted molar refractivity (Wildman–Crippen MR) is 132 cm³/mol. The van der Waals surface area contributed by atoms with Gasteiger partial charge in [0, 0.05) is 24.1 Å². The number of hydrogen-bond donors (Lipinski definition) is 1. The van der Waals surface area contributed by atoms with Crippen LogP contribution in [0.2, 0.25) is 0 Å². The zero-order valence-corrected chi connectivity index (χ0v) is 20.9. The molecular formula is C22H21BrN6O4S. The van der Waals surface area contributed by atoms with Crippen molar-refractivity contribution in [2.24, 2.45) is 13.0 Å². The van der Waals surface area contributed by atoms with Crippen molar-refractivity contribution in [2.75, 3.05) is 11.9 Å². The average molecular weight is 545 g/mol. The second-order valence-corrected chi connectivity index (χ2v) is 10.3. The van der Waals surface area contributed by atoms with E-state index < -0.39 is 10.8 Å². The zero-order chi connectivity index (χ0) is 24.0. The molecule has 0 saturated carbocycles. The fourth-order valence-corrected chi connectivity index (χ4v) is 5.49. The van der Waals surface area contributed by atoms with Gasteiger partial charge in [0.25, 0.3) is 11.6 Å². The number of halogens is 1. The maximum atomic E-state index is 13.2. The first-order valence-corrected chi connectivity index (χ1v) is 12.3. The molecule has 0 unspecified atom stereocenters. The Bertz CT molecular complexity index is 1420. The van der Waals surface area contributed by atoms with Gasteiger partial charge in [-0.1, -0.05) is 22.9 Å². The quantitative estimate of drug-likeness (QED) is 0.259. The van der Waals surface area contributed by atoms with Gasteiger partial charge in [-0.25, -0.2) is 9.67 Å². The van der Waals surface area contributed by atoms with E-state index in [2.05, 4.69) is 38.3 Å². The van der Waals surface area contributed by atoms with Crippen molar-refractivity contribution in [3.05, 3.63) is 49.9 Å². The topological polar surface area (TPSA) is 117 Å². The number of anilines is 1. The van der Waals surface area contributed by atoms with E-state index in [4.69, 9.17) is 4.74 Å². The molecule has 3 aromatic heterocycles. The summed E-state index contributed by atoms with van der Waals surface area (Å²) >= 11 is 4.55. The molecule has 1 aliphatic rings. The van der Waals surface area contributed by atoms with Gasteiger partial charge >= 0.3 is 0 Å². The first kappa shape index (κ1) is 22.5. The van der Waals surface area contributed by atoms with Crippen molar-refractivity contribution < 1.29 is 14.5 Å². The summed E-state index contributed by atoms with van der Waals surface area (Å²) in [6, 6.07) is 7.06. The highest BCUT2D eigenvalue weighted by molar-refractivity contribution is 9.10. The third-order valence-electron chi connectivity index (χ3n) is 5.77. The number of nitro groups is 1. The molecule has 0 aliphatic carbocycles. The molecular weight excluding hydrogens is 524 g/mol. The lowest BCUT2D eigenvalue weighted by Gasteiger charge is -2.16. The van der Waals surface area contributed by atoms with E-state index in [0.29, 0.717) is 41.3 Å². The normalized spacial score (nSPS) is 16.7. The van der Waals surface area contributed by atoms with Crippen LogP contribution in [-0.4, -0.2) is 36.8 Å². The number of carbonyl (C=O) groups excluding carboxylic acids is 1. The highest BCUT2D eigenvalue weighted by Crippen LogP contribution is 2.42. The molecule has 1 atom stereocenters. The number of nitrogens with one attached hydrogen (secondary N) is 1. The van der Waals surface area contributed by atoms with Crippen molar-refractivity contribution in [2.45, 2.75) is 26.3 Å². The number of imidazole rings is 1. The molecule has 10 nitrogen and oxygen atoms in total. The second kappa shape index (κ2) is 8.84. The van der Waals surface area contributed by atoms with Gasteiger partial charge in [-0.15, -0.1) is 11.3 Å². The minimum absolute atomic E-state index is 0.161. The molecule has 0 radical (unpaired) electrons. The Balaban J connectivity index is 1.63. The van der Waals surface area contributed by atoms with Gasteiger partial charge in [0.05, 0.1) is 39.2 Å². The number of hydrogen-bond acceptors (Lipinski definition) is 7. The first-order chi connectivity index (χ1) is 16.3. The largest absolute Gasteiger partial charge is 0.477 e. The molecule has 1 aliphatic heterocycles. The molecule has 1 N–H and O–H groups in total. The van der Waals surface area contributed by atoms with Crippen LogP contribution in [0.3, 0.4) is 0 Å². The molecule has 4 aromatic rings. The molecule has 34 heavy (non-hydrogen) atoms. The number of aryl methyl sites for hydroxylation is 1. The second-order valence-electron chi connectivity index (χ2n) is 8.30. The van der Waals surface area contributed by atoms with Crippen molar-refractivity contribution in [3.63, 3.8) is 0 Å². The van der Waals surface area contributed by atoms with Gasteiger partial charge in [-0.05, 0) is 37.0 Å². The van der Waals surface area contributed by atoms with Gasteiger partial charge in [0.2, 0.25) is 11.8 Å². The summed E-state index contributed by atoms with van der Waals surface area (Å²) in [4.78, 5) is 29.7. The van der Waals surface area contributed by atoms with Crippen molar-refractivity contribution in [1.29, 1.82) is 0 Å². The number of nitrogens with zero attached hydrogens (tertiary/aromatic N) is 5. The molecule has 4 heterocycles. The minimum Gasteiger partial charge on any atom is -0.477 e. The van der Waals surface area contributed by atoms with Crippen LogP contribution in [-0.2, 0) is 13.6 Å². The van der Waals surface area contributed by atoms with E-state index in [1.54, 1.807) is 11.7 Å². The fraction of sp³-hybridized carbons (Fsp3) is 0.318. The molecule has 176 valence electrons. The maximum Gasteiger partial charge on any atom is 0.288 e. The number of fused-ring (bicyclic) bond motifs is 7. The minimum atomic E-state index is -0.489. The van der Waals surface area contributed by atoms with Crippen LogP contribution in [0.5, 0.6) is 5.88 Å². The van der Waals surface area contributed by atoms with E-state index in [-0.39, 0.29) is 10.6 Å². The van der Waals surface area contributed by atoms with E-state index >= 15 is 0 Å².